The molecule has 0 amide bonds. The lowest BCUT2D eigenvalue weighted by molar-refractivity contribution is 0.455. The van der Waals surface area contributed by atoms with Crippen molar-refractivity contribution < 1.29 is 14.1 Å². The summed E-state index contributed by atoms with van der Waals surface area (Å²) in [6.45, 7) is 1.75. The summed E-state index contributed by atoms with van der Waals surface area (Å²) in [5, 5.41) is 0. The third-order valence-corrected chi connectivity index (χ3v) is 14.0. The Morgan fingerprint density at radius 2 is 0.857 bits per heavy atom. The van der Waals surface area contributed by atoms with Crippen molar-refractivity contribution in [1.82, 2.24) is 0 Å². The number of rotatable bonds is 6. The molecule has 0 fully saturated rings. The molecule has 13 rings (SSSR count). The van der Waals surface area contributed by atoms with Crippen LogP contribution in [-0.2, 0) is 0 Å². The molecule has 0 aliphatic carbocycles. The molecule has 0 aromatic heterocycles. The van der Waals surface area contributed by atoms with Crippen molar-refractivity contribution in [2.75, 3.05) is 9.80 Å². The number of nitrogens with zero attached hydrogens (tertiary/aromatic N) is 2. The molecule has 296 valence electrons. The zero-order chi connectivity index (χ0) is 41.6. The molecule has 9 aromatic rings. The van der Waals surface area contributed by atoms with E-state index in [1.807, 2.05) is 11.6 Å². The summed E-state index contributed by atoms with van der Waals surface area (Å²) in [5.74, 6) is 4.07. The highest BCUT2D eigenvalue weighted by Gasteiger charge is 2.46. The first-order chi connectivity index (χ1) is 31.2. The highest BCUT2D eigenvalue weighted by Crippen LogP contribution is 2.50. The number of fused-ring (bicyclic) bond motifs is 8. The largest absolute Gasteiger partial charge is 0.551 e. The molecule has 5 nitrogen and oxygen atoms in total. The molecule has 0 saturated carbocycles. The third kappa shape index (κ3) is 5.68. The number of hydrogen-bond acceptors (Lipinski definition) is 6. The fourth-order valence-electron chi connectivity index (χ4n) is 9.95. The summed E-state index contributed by atoms with van der Waals surface area (Å²) in [4.78, 5) is 5.85. The predicted molar refractivity (Wildman–Crippen MR) is 261 cm³/mol. The molecule has 4 heterocycles. The standard InChI is InChI=1S/C55H36B2N2O3S/c1-35-54-46(56-52-44(42-26-14-16-28-48(42)62-56)30-40(32-49(52)60-54)58(36-18-6-2-7-19-36)37-20-8-3-9-21-37)34-47-55(35)61-50-33-41(31-45-43-27-15-17-29-51(43)63-57(47)53(45)50)59(38-22-10-4-11-23-38)39-24-12-5-13-25-39/h2-34H,1H3. The second kappa shape index (κ2) is 14.3. The Balaban J connectivity index is 0.999. The maximum absolute atomic E-state index is 7.26. The van der Waals surface area contributed by atoms with Gasteiger partial charge in [-0.05, 0) is 107 Å². The van der Waals surface area contributed by atoms with Gasteiger partial charge in [0.25, 0.3) is 5.99 Å². The summed E-state index contributed by atoms with van der Waals surface area (Å²) >= 11 is 1.89. The second-order valence-electron chi connectivity index (χ2n) is 16.4. The number of ether oxygens (including phenoxy) is 2. The minimum Gasteiger partial charge on any atom is -0.551 e. The quantitative estimate of drug-likeness (QED) is 0.155. The average Bonchev–Trinajstić information content (AvgIpc) is 3.34. The molecular formula is C55H36B2N2O3S. The molecule has 0 unspecified atom stereocenters. The first kappa shape index (κ1) is 36.1. The van der Waals surface area contributed by atoms with E-state index < -0.39 is 0 Å². The van der Waals surface area contributed by atoms with Crippen LogP contribution in [-0.4, -0.2) is 12.9 Å². The van der Waals surface area contributed by atoms with E-state index in [1.54, 1.807) is 0 Å². The lowest BCUT2D eigenvalue weighted by Gasteiger charge is -2.38. The molecule has 0 atom stereocenters. The maximum atomic E-state index is 7.26. The van der Waals surface area contributed by atoms with Gasteiger partial charge in [0.2, 0.25) is 0 Å². The fourth-order valence-corrected chi connectivity index (χ4v) is 11.3. The highest BCUT2D eigenvalue weighted by molar-refractivity contribution is 8.28. The Labute approximate surface area is 371 Å². The molecule has 4 aliphatic rings. The summed E-state index contributed by atoms with van der Waals surface area (Å²) in [6.07, 6.45) is 0. The van der Waals surface area contributed by atoms with Crippen molar-refractivity contribution in [3.63, 3.8) is 0 Å². The zero-order valence-electron chi connectivity index (χ0n) is 34.2. The summed E-state index contributed by atoms with van der Waals surface area (Å²) in [7, 11) is 0. The van der Waals surface area contributed by atoms with E-state index in [4.69, 9.17) is 14.1 Å². The van der Waals surface area contributed by atoms with E-state index in [2.05, 4.69) is 217 Å². The SMILES string of the molecule is Cc1c2c(cc3c1Oc1cc(N(c4ccccc4)c4ccccc4)cc4c1B3Sc1ccccc1-4)B1Oc3ccccc3-c3cc(N(c4ccccc4)c4ccccc4)cc(c31)O2. The van der Waals surface area contributed by atoms with Crippen LogP contribution in [0.2, 0.25) is 0 Å². The second-order valence-corrected chi connectivity index (χ2v) is 17.5. The molecule has 0 saturated heterocycles. The number of anilines is 6. The van der Waals surface area contributed by atoms with E-state index in [-0.39, 0.29) is 12.9 Å². The van der Waals surface area contributed by atoms with Crippen LogP contribution in [0.25, 0.3) is 22.3 Å². The van der Waals surface area contributed by atoms with Crippen molar-refractivity contribution in [3.8, 4) is 51.0 Å². The Kier molecular flexibility index (Phi) is 8.18. The molecule has 8 heteroatoms. The van der Waals surface area contributed by atoms with Gasteiger partial charge in [0.05, 0.1) is 11.4 Å². The Hall–Kier alpha value is -7.54. The van der Waals surface area contributed by atoms with Gasteiger partial charge in [0.1, 0.15) is 28.7 Å². The third-order valence-electron chi connectivity index (χ3n) is 12.7. The van der Waals surface area contributed by atoms with Crippen LogP contribution >= 0.6 is 11.6 Å². The Morgan fingerprint density at radius 3 is 1.43 bits per heavy atom. The van der Waals surface area contributed by atoms with Gasteiger partial charge in [0, 0.05) is 61.8 Å². The van der Waals surface area contributed by atoms with Gasteiger partial charge < -0.3 is 23.9 Å². The lowest BCUT2D eigenvalue weighted by atomic mass is 9.48. The first-order valence-corrected chi connectivity index (χ1v) is 22.3. The van der Waals surface area contributed by atoms with Crippen molar-refractivity contribution in [2.45, 2.75) is 11.8 Å². The van der Waals surface area contributed by atoms with Gasteiger partial charge in [-0.25, -0.2) is 0 Å². The van der Waals surface area contributed by atoms with Crippen LogP contribution in [0.15, 0.2) is 205 Å². The predicted octanol–water partition coefficient (Wildman–Crippen LogP) is 12.2. The topological polar surface area (TPSA) is 34.2 Å². The molecule has 9 aromatic carbocycles. The highest BCUT2D eigenvalue weighted by atomic mass is 32.2. The molecule has 0 N–H and O–H groups in total. The molecule has 4 aliphatic heterocycles. The average molecular weight is 827 g/mol. The van der Waals surface area contributed by atoms with Gasteiger partial charge in [-0.3, -0.25) is 0 Å². The summed E-state index contributed by atoms with van der Waals surface area (Å²) in [5.41, 5.74) is 16.2. The van der Waals surface area contributed by atoms with Crippen molar-refractivity contribution >= 4 is 80.5 Å². The Morgan fingerprint density at radius 1 is 0.397 bits per heavy atom. The maximum Gasteiger partial charge on any atom is 0.434 e. The van der Waals surface area contributed by atoms with Crippen LogP contribution in [0.3, 0.4) is 0 Å². The molecule has 63 heavy (non-hydrogen) atoms. The van der Waals surface area contributed by atoms with Crippen LogP contribution in [0, 0.1) is 6.92 Å². The molecular weight excluding hydrogens is 790 g/mol. The van der Waals surface area contributed by atoms with Gasteiger partial charge in [-0.1, -0.05) is 115 Å². The van der Waals surface area contributed by atoms with Gasteiger partial charge in [-0.15, -0.1) is 0 Å². The number of hydrogen-bond donors (Lipinski definition) is 0. The van der Waals surface area contributed by atoms with E-state index in [0.717, 1.165) is 96.0 Å². The van der Waals surface area contributed by atoms with Crippen molar-refractivity contribution in [3.05, 3.63) is 206 Å². The van der Waals surface area contributed by atoms with E-state index in [0.29, 0.717) is 0 Å². The van der Waals surface area contributed by atoms with Crippen LogP contribution < -0.4 is 45.8 Å². The Bertz CT molecular complexity index is 2980. The first-order valence-electron chi connectivity index (χ1n) is 21.4. The number of benzene rings is 9. The van der Waals surface area contributed by atoms with Gasteiger partial charge in [0.15, 0.2) is 0 Å². The normalized spacial score (nSPS) is 13.1. The molecule has 0 radical (unpaired) electrons. The van der Waals surface area contributed by atoms with E-state index in [1.165, 1.54) is 21.5 Å². The minimum atomic E-state index is -0.386. The molecule has 0 spiro atoms. The van der Waals surface area contributed by atoms with Gasteiger partial charge >= 0.3 is 6.92 Å². The summed E-state index contributed by atoms with van der Waals surface area (Å²) in [6, 6.07) is 70.7. The van der Waals surface area contributed by atoms with Crippen LogP contribution in [0.4, 0.5) is 34.1 Å². The summed E-state index contributed by atoms with van der Waals surface area (Å²) < 4.78 is 21.6. The zero-order valence-corrected chi connectivity index (χ0v) is 35.1. The van der Waals surface area contributed by atoms with Crippen LogP contribution in [0.1, 0.15) is 5.56 Å². The monoisotopic (exact) mass is 826 g/mol. The van der Waals surface area contributed by atoms with Gasteiger partial charge in [-0.2, -0.15) is 11.6 Å². The molecule has 0 bridgehead atoms. The van der Waals surface area contributed by atoms with Crippen molar-refractivity contribution in [2.24, 2.45) is 0 Å². The minimum absolute atomic E-state index is 0.0157. The smallest absolute Gasteiger partial charge is 0.434 e. The fraction of sp³-hybridized carbons (Fsp3) is 0.0182. The number of para-hydroxylation sites is 5. The van der Waals surface area contributed by atoms with Crippen LogP contribution in [0.5, 0.6) is 28.7 Å². The van der Waals surface area contributed by atoms with E-state index in [9.17, 15) is 0 Å². The van der Waals surface area contributed by atoms with E-state index >= 15 is 0 Å². The lowest BCUT2D eigenvalue weighted by Crippen LogP contribution is -2.56. The van der Waals surface area contributed by atoms with Crippen molar-refractivity contribution in [1.29, 1.82) is 0 Å².